The van der Waals surface area contributed by atoms with Crippen LogP contribution < -0.4 is 15.4 Å². The van der Waals surface area contributed by atoms with Gasteiger partial charge in [-0.15, -0.1) is 0 Å². The van der Waals surface area contributed by atoms with Gasteiger partial charge in [-0.05, 0) is 18.2 Å². The predicted molar refractivity (Wildman–Crippen MR) is 93.3 cm³/mol. The van der Waals surface area contributed by atoms with Gasteiger partial charge >= 0.3 is 6.03 Å². The number of benzene rings is 1. The first kappa shape index (κ1) is 16.4. The lowest BCUT2D eigenvalue weighted by Gasteiger charge is -2.08. The summed E-state index contributed by atoms with van der Waals surface area (Å²) in [5.41, 5.74) is 2.12. The molecule has 0 aliphatic rings. The molecule has 0 unspecified atom stereocenters. The topological polar surface area (TPSA) is 94.0 Å². The van der Waals surface area contributed by atoms with Gasteiger partial charge in [0.05, 0.1) is 19.9 Å². The molecule has 25 heavy (non-hydrogen) atoms. The van der Waals surface area contributed by atoms with E-state index in [9.17, 15) is 4.79 Å². The monoisotopic (exact) mass is 338 g/mol. The number of urea groups is 1. The van der Waals surface area contributed by atoms with E-state index in [1.807, 2.05) is 24.4 Å². The number of aromatic nitrogens is 4. The highest BCUT2D eigenvalue weighted by atomic mass is 16.5. The number of rotatable bonds is 6. The molecule has 8 heteroatoms. The Balaban J connectivity index is 1.48. The number of amides is 2. The Morgan fingerprint density at radius 3 is 2.96 bits per heavy atom. The Labute approximate surface area is 144 Å². The third kappa shape index (κ3) is 4.54. The van der Waals surface area contributed by atoms with Crippen molar-refractivity contribution in [2.24, 2.45) is 0 Å². The summed E-state index contributed by atoms with van der Waals surface area (Å²) in [6, 6.07) is 8.75. The lowest BCUT2D eigenvalue weighted by atomic mass is 10.3. The van der Waals surface area contributed by atoms with Crippen LogP contribution in [0.5, 0.6) is 5.75 Å². The fraction of sp³-hybridized carbons (Fsp3) is 0.176. The van der Waals surface area contributed by atoms with Crippen molar-refractivity contribution >= 4 is 11.7 Å². The summed E-state index contributed by atoms with van der Waals surface area (Å²) in [4.78, 5) is 20.1. The molecule has 0 saturated carbocycles. The van der Waals surface area contributed by atoms with E-state index in [0.29, 0.717) is 30.2 Å². The Bertz CT molecular complexity index is 834. The zero-order valence-electron chi connectivity index (χ0n) is 13.7. The van der Waals surface area contributed by atoms with Crippen molar-refractivity contribution in [3.63, 3.8) is 0 Å². The number of anilines is 1. The second-order valence-electron chi connectivity index (χ2n) is 5.17. The summed E-state index contributed by atoms with van der Waals surface area (Å²) in [5.74, 6) is 0.686. The van der Waals surface area contributed by atoms with Gasteiger partial charge in [0.1, 0.15) is 17.1 Å². The van der Waals surface area contributed by atoms with Gasteiger partial charge in [0.15, 0.2) is 0 Å². The number of nitrogens with zero attached hydrogens (tertiary/aromatic N) is 4. The quantitative estimate of drug-likeness (QED) is 0.718. The lowest BCUT2D eigenvalue weighted by Crippen LogP contribution is -2.31. The van der Waals surface area contributed by atoms with Crippen LogP contribution >= 0.6 is 0 Å². The molecule has 3 rings (SSSR count). The molecule has 0 atom stereocenters. The molecule has 0 aliphatic carbocycles. The van der Waals surface area contributed by atoms with Crippen molar-refractivity contribution < 1.29 is 9.53 Å². The maximum atomic E-state index is 11.9. The minimum atomic E-state index is -0.283. The molecule has 3 aromatic rings. The summed E-state index contributed by atoms with van der Waals surface area (Å²) in [6.07, 6.45) is 6.74. The molecule has 1 aromatic carbocycles. The molecule has 2 aromatic heterocycles. The van der Waals surface area contributed by atoms with Gasteiger partial charge in [-0.1, -0.05) is 6.07 Å². The first-order valence-corrected chi connectivity index (χ1v) is 7.73. The van der Waals surface area contributed by atoms with Crippen molar-refractivity contribution in [1.29, 1.82) is 0 Å². The molecule has 0 spiro atoms. The minimum absolute atomic E-state index is 0.283. The van der Waals surface area contributed by atoms with Crippen LogP contribution in [0.2, 0.25) is 0 Å². The normalized spacial score (nSPS) is 10.3. The smallest absolute Gasteiger partial charge is 0.319 e. The Hall–Kier alpha value is -3.42. The highest BCUT2D eigenvalue weighted by Gasteiger charge is 2.05. The van der Waals surface area contributed by atoms with Gasteiger partial charge in [0.25, 0.3) is 0 Å². The van der Waals surface area contributed by atoms with Crippen LogP contribution in [0.1, 0.15) is 0 Å². The summed E-state index contributed by atoms with van der Waals surface area (Å²) in [6.45, 7) is 0.989. The predicted octanol–water partition coefficient (Wildman–Crippen LogP) is 2.17. The fourth-order valence-corrected chi connectivity index (χ4v) is 2.21. The van der Waals surface area contributed by atoms with Crippen molar-refractivity contribution in [2.75, 3.05) is 19.0 Å². The number of carbonyl (C=O) groups is 1. The van der Waals surface area contributed by atoms with Crippen molar-refractivity contribution in [3.05, 3.63) is 55.1 Å². The molecule has 8 nitrogen and oxygen atoms in total. The van der Waals surface area contributed by atoms with E-state index in [4.69, 9.17) is 4.74 Å². The summed E-state index contributed by atoms with van der Waals surface area (Å²) >= 11 is 0. The largest absolute Gasteiger partial charge is 0.497 e. The minimum Gasteiger partial charge on any atom is -0.497 e. The SMILES string of the molecule is COc1cccc(NC(=O)NCCn2ccc(-c3cnccn3)n2)c1. The second-order valence-corrected chi connectivity index (χ2v) is 5.17. The van der Waals surface area contributed by atoms with E-state index < -0.39 is 0 Å². The molecule has 2 heterocycles. The van der Waals surface area contributed by atoms with Crippen LogP contribution in [-0.2, 0) is 6.54 Å². The van der Waals surface area contributed by atoms with Gasteiger partial charge in [0, 0.05) is 36.9 Å². The van der Waals surface area contributed by atoms with Crippen LogP contribution in [0.25, 0.3) is 11.4 Å². The third-order valence-corrected chi connectivity index (χ3v) is 3.42. The molecule has 2 amide bonds. The van der Waals surface area contributed by atoms with Crippen molar-refractivity contribution in [1.82, 2.24) is 25.1 Å². The molecule has 2 N–H and O–H groups in total. The first-order chi connectivity index (χ1) is 12.2. The van der Waals surface area contributed by atoms with Crippen LogP contribution in [0, 0.1) is 0 Å². The highest BCUT2D eigenvalue weighted by Crippen LogP contribution is 2.16. The van der Waals surface area contributed by atoms with E-state index in [0.717, 1.165) is 5.69 Å². The van der Waals surface area contributed by atoms with Gasteiger partial charge in [0.2, 0.25) is 0 Å². The zero-order valence-corrected chi connectivity index (χ0v) is 13.7. The van der Waals surface area contributed by atoms with Gasteiger partial charge in [-0.3, -0.25) is 14.6 Å². The van der Waals surface area contributed by atoms with Gasteiger partial charge in [-0.2, -0.15) is 5.10 Å². The molecule has 0 saturated heterocycles. The number of hydrogen-bond acceptors (Lipinski definition) is 5. The van der Waals surface area contributed by atoms with E-state index in [1.165, 1.54) is 0 Å². The molecule has 128 valence electrons. The molecule has 0 fully saturated rings. The van der Waals surface area contributed by atoms with E-state index in [1.54, 1.807) is 42.5 Å². The number of ether oxygens (including phenoxy) is 1. The average Bonchev–Trinajstić information content (AvgIpc) is 3.11. The molecular formula is C17H18N6O2. The van der Waals surface area contributed by atoms with E-state index >= 15 is 0 Å². The van der Waals surface area contributed by atoms with E-state index in [-0.39, 0.29) is 6.03 Å². The number of methoxy groups -OCH3 is 1. The Kier molecular flexibility index (Phi) is 5.20. The number of hydrogen-bond donors (Lipinski definition) is 2. The van der Waals surface area contributed by atoms with Crippen LogP contribution in [0.3, 0.4) is 0 Å². The van der Waals surface area contributed by atoms with Crippen LogP contribution in [0.15, 0.2) is 55.1 Å². The first-order valence-electron chi connectivity index (χ1n) is 7.73. The standard InChI is InChI=1S/C17H18N6O2/c1-25-14-4-2-3-13(11-14)21-17(24)20-8-10-23-9-5-15(22-23)16-12-18-6-7-19-16/h2-7,9,11-12H,8,10H2,1H3,(H2,20,21,24). The third-order valence-electron chi connectivity index (χ3n) is 3.42. The average molecular weight is 338 g/mol. The highest BCUT2D eigenvalue weighted by molar-refractivity contribution is 5.89. The fourth-order valence-electron chi connectivity index (χ4n) is 2.21. The second kappa shape index (κ2) is 7.91. The Morgan fingerprint density at radius 1 is 1.24 bits per heavy atom. The van der Waals surface area contributed by atoms with Crippen molar-refractivity contribution in [2.45, 2.75) is 6.54 Å². The molecule has 0 radical (unpaired) electrons. The molecule has 0 bridgehead atoms. The van der Waals surface area contributed by atoms with Crippen LogP contribution in [-0.4, -0.2) is 39.4 Å². The number of carbonyl (C=O) groups excluding carboxylic acids is 1. The van der Waals surface area contributed by atoms with Crippen LogP contribution in [0.4, 0.5) is 10.5 Å². The number of nitrogens with one attached hydrogen (secondary N) is 2. The summed E-state index contributed by atoms with van der Waals surface area (Å²) in [5, 5.41) is 9.95. The van der Waals surface area contributed by atoms with Gasteiger partial charge < -0.3 is 15.4 Å². The van der Waals surface area contributed by atoms with Crippen molar-refractivity contribution in [3.8, 4) is 17.1 Å². The maximum absolute atomic E-state index is 11.9. The zero-order chi connectivity index (χ0) is 17.5. The maximum Gasteiger partial charge on any atom is 0.319 e. The summed E-state index contributed by atoms with van der Waals surface area (Å²) in [7, 11) is 1.58. The van der Waals surface area contributed by atoms with E-state index in [2.05, 4.69) is 25.7 Å². The molecular weight excluding hydrogens is 320 g/mol. The summed E-state index contributed by atoms with van der Waals surface area (Å²) < 4.78 is 6.87. The lowest BCUT2D eigenvalue weighted by molar-refractivity contribution is 0.251. The Morgan fingerprint density at radius 2 is 2.16 bits per heavy atom. The van der Waals surface area contributed by atoms with Gasteiger partial charge in [-0.25, -0.2) is 4.79 Å². The molecule has 0 aliphatic heterocycles.